The van der Waals surface area contributed by atoms with Crippen molar-refractivity contribution in [3.8, 4) is 5.75 Å². The molecule has 1 amide bonds. The van der Waals surface area contributed by atoms with Crippen molar-refractivity contribution >= 4 is 16.8 Å². The smallest absolute Gasteiger partial charge is 0.255 e. The number of hydrogen-bond donors (Lipinski definition) is 2. The zero-order chi connectivity index (χ0) is 16.2. The lowest BCUT2D eigenvalue weighted by molar-refractivity contribution is 0.0951. The molecule has 4 nitrogen and oxygen atoms in total. The van der Waals surface area contributed by atoms with Gasteiger partial charge in [-0.05, 0) is 37.1 Å². The molecule has 23 heavy (non-hydrogen) atoms. The van der Waals surface area contributed by atoms with Crippen LogP contribution >= 0.6 is 0 Å². The number of amides is 1. The van der Waals surface area contributed by atoms with Crippen molar-refractivity contribution < 1.29 is 9.53 Å². The van der Waals surface area contributed by atoms with E-state index in [1.807, 2.05) is 43.5 Å². The van der Waals surface area contributed by atoms with Gasteiger partial charge in [0.1, 0.15) is 5.75 Å². The number of aryl methyl sites for hydroxylation is 1. The van der Waals surface area contributed by atoms with E-state index in [1.54, 1.807) is 7.11 Å². The highest BCUT2D eigenvalue weighted by molar-refractivity contribution is 5.97. The number of fused-ring (bicyclic) bond motifs is 1. The number of ether oxygens (including phenoxy) is 1. The van der Waals surface area contributed by atoms with E-state index in [4.69, 9.17) is 4.74 Å². The van der Waals surface area contributed by atoms with Crippen LogP contribution in [0.3, 0.4) is 0 Å². The molecule has 1 aromatic heterocycles. The first-order valence-corrected chi connectivity index (χ1v) is 7.67. The monoisotopic (exact) mass is 308 g/mol. The highest BCUT2D eigenvalue weighted by Crippen LogP contribution is 2.20. The van der Waals surface area contributed by atoms with Crippen molar-refractivity contribution in [3.63, 3.8) is 0 Å². The van der Waals surface area contributed by atoms with Gasteiger partial charge in [-0.1, -0.05) is 29.8 Å². The molecule has 118 valence electrons. The number of nitrogens with one attached hydrogen (secondary N) is 2. The summed E-state index contributed by atoms with van der Waals surface area (Å²) in [6.45, 7) is 2.54. The molecule has 0 bridgehead atoms. The number of carbonyl (C=O) groups excluding carboxylic acids is 1. The van der Waals surface area contributed by atoms with E-state index >= 15 is 0 Å². The van der Waals surface area contributed by atoms with Gasteiger partial charge < -0.3 is 15.0 Å². The lowest BCUT2D eigenvalue weighted by atomic mass is 10.1. The molecule has 0 fully saturated rings. The highest BCUT2D eigenvalue weighted by atomic mass is 16.5. The van der Waals surface area contributed by atoms with Gasteiger partial charge in [0.25, 0.3) is 5.91 Å². The van der Waals surface area contributed by atoms with Crippen LogP contribution in [0.4, 0.5) is 0 Å². The number of carbonyl (C=O) groups is 1. The third kappa shape index (κ3) is 3.21. The zero-order valence-electron chi connectivity index (χ0n) is 13.3. The number of rotatable bonds is 5. The summed E-state index contributed by atoms with van der Waals surface area (Å²) in [7, 11) is 1.58. The molecule has 0 aliphatic heterocycles. The number of aromatic amines is 1. The quantitative estimate of drug-likeness (QED) is 0.758. The SMILES string of the molecule is COc1ccc(C)cc1C(=O)NCCc1c[nH]c2ccccc12. The van der Waals surface area contributed by atoms with Crippen LogP contribution in [-0.4, -0.2) is 24.5 Å². The van der Waals surface area contributed by atoms with Gasteiger partial charge in [0, 0.05) is 23.6 Å². The second-order valence-corrected chi connectivity index (χ2v) is 5.57. The summed E-state index contributed by atoms with van der Waals surface area (Å²) < 4.78 is 5.27. The molecule has 0 aliphatic carbocycles. The fraction of sp³-hybridized carbons (Fsp3) is 0.211. The van der Waals surface area contributed by atoms with Gasteiger partial charge in [0.05, 0.1) is 12.7 Å². The summed E-state index contributed by atoms with van der Waals surface area (Å²) in [5, 5.41) is 4.17. The third-order valence-electron chi connectivity index (χ3n) is 3.95. The average molecular weight is 308 g/mol. The number of benzene rings is 2. The van der Waals surface area contributed by atoms with E-state index in [1.165, 1.54) is 10.9 Å². The van der Waals surface area contributed by atoms with Crippen molar-refractivity contribution in [2.75, 3.05) is 13.7 Å². The molecule has 0 atom stereocenters. The normalized spacial score (nSPS) is 10.7. The molecule has 0 radical (unpaired) electrons. The zero-order valence-corrected chi connectivity index (χ0v) is 13.3. The van der Waals surface area contributed by atoms with Crippen LogP contribution in [0, 0.1) is 6.92 Å². The predicted molar refractivity (Wildman–Crippen MR) is 92.1 cm³/mol. The first kappa shape index (κ1) is 15.2. The second kappa shape index (κ2) is 6.57. The van der Waals surface area contributed by atoms with E-state index in [0.717, 1.165) is 17.5 Å². The first-order valence-electron chi connectivity index (χ1n) is 7.67. The molecule has 0 spiro atoms. The largest absolute Gasteiger partial charge is 0.496 e. The number of aromatic nitrogens is 1. The van der Waals surface area contributed by atoms with Crippen molar-refractivity contribution in [1.29, 1.82) is 0 Å². The number of para-hydroxylation sites is 1. The third-order valence-corrected chi connectivity index (χ3v) is 3.95. The Hall–Kier alpha value is -2.75. The Labute approximate surface area is 135 Å². The maximum absolute atomic E-state index is 12.4. The van der Waals surface area contributed by atoms with Gasteiger partial charge in [-0.2, -0.15) is 0 Å². The Morgan fingerprint density at radius 3 is 2.87 bits per heavy atom. The van der Waals surface area contributed by atoms with Crippen molar-refractivity contribution in [1.82, 2.24) is 10.3 Å². The maximum atomic E-state index is 12.4. The van der Waals surface area contributed by atoms with Crippen LogP contribution in [0.25, 0.3) is 10.9 Å². The van der Waals surface area contributed by atoms with Crippen LogP contribution in [0.1, 0.15) is 21.5 Å². The highest BCUT2D eigenvalue weighted by Gasteiger charge is 2.12. The van der Waals surface area contributed by atoms with Crippen LogP contribution < -0.4 is 10.1 Å². The van der Waals surface area contributed by atoms with E-state index in [9.17, 15) is 4.79 Å². The van der Waals surface area contributed by atoms with Gasteiger partial charge in [-0.25, -0.2) is 0 Å². The van der Waals surface area contributed by atoms with Crippen LogP contribution in [0.5, 0.6) is 5.75 Å². The molecule has 0 saturated carbocycles. The lowest BCUT2D eigenvalue weighted by Gasteiger charge is -2.10. The molecule has 0 unspecified atom stereocenters. The molecule has 2 N–H and O–H groups in total. The van der Waals surface area contributed by atoms with Crippen LogP contribution in [0.15, 0.2) is 48.7 Å². The van der Waals surface area contributed by atoms with Crippen molar-refractivity contribution in [2.24, 2.45) is 0 Å². The van der Waals surface area contributed by atoms with Gasteiger partial charge in [-0.15, -0.1) is 0 Å². The molecule has 4 heteroatoms. The van der Waals surface area contributed by atoms with Crippen LogP contribution in [-0.2, 0) is 6.42 Å². The van der Waals surface area contributed by atoms with Crippen molar-refractivity contribution in [2.45, 2.75) is 13.3 Å². The Morgan fingerprint density at radius 1 is 1.22 bits per heavy atom. The number of hydrogen-bond acceptors (Lipinski definition) is 2. The fourth-order valence-corrected chi connectivity index (χ4v) is 2.74. The predicted octanol–water partition coefficient (Wildman–Crippen LogP) is 3.46. The fourth-order valence-electron chi connectivity index (χ4n) is 2.74. The summed E-state index contributed by atoms with van der Waals surface area (Å²) >= 11 is 0. The Balaban J connectivity index is 1.67. The standard InChI is InChI=1S/C19H20N2O2/c1-13-7-8-18(23-2)16(11-13)19(22)20-10-9-14-12-21-17-6-4-3-5-15(14)17/h3-8,11-12,21H,9-10H2,1-2H3,(H,20,22). The number of methoxy groups -OCH3 is 1. The van der Waals surface area contributed by atoms with Gasteiger partial charge in [-0.3, -0.25) is 4.79 Å². The van der Waals surface area contributed by atoms with Crippen molar-refractivity contribution in [3.05, 3.63) is 65.4 Å². The summed E-state index contributed by atoms with van der Waals surface area (Å²) in [4.78, 5) is 15.6. The lowest BCUT2D eigenvalue weighted by Crippen LogP contribution is -2.26. The summed E-state index contributed by atoms with van der Waals surface area (Å²) in [6.07, 6.45) is 2.79. The Kier molecular flexibility index (Phi) is 4.33. The minimum Gasteiger partial charge on any atom is -0.496 e. The molecular formula is C19H20N2O2. The summed E-state index contributed by atoms with van der Waals surface area (Å²) in [6, 6.07) is 13.8. The van der Waals surface area contributed by atoms with E-state index in [2.05, 4.69) is 22.4 Å². The van der Waals surface area contributed by atoms with Gasteiger partial charge >= 0.3 is 0 Å². The molecule has 0 aliphatic rings. The molecule has 0 saturated heterocycles. The van der Waals surface area contributed by atoms with E-state index in [0.29, 0.717) is 17.9 Å². The number of H-pyrrole nitrogens is 1. The first-order chi connectivity index (χ1) is 11.2. The summed E-state index contributed by atoms with van der Waals surface area (Å²) in [5.74, 6) is 0.491. The molecule has 3 rings (SSSR count). The minimum absolute atomic E-state index is 0.106. The Bertz CT molecular complexity index is 836. The van der Waals surface area contributed by atoms with Crippen LogP contribution in [0.2, 0.25) is 0 Å². The molecular weight excluding hydrogens is 288 g/mol. The average Bonchev–Trinajstić information content (AvgIpc) is 2.98. The van der Waals surface area contributed by atoms with E-state index in [-0.39, 0.29) is 5.91 Å². The topological polar surface area (TPSA) is 54.1 Å². The minimum atomic E-state index is -0.106. The molecule has 1 heterocycles. The van der Waals surface area contributed by atoms with Gasteiger partial charge in [0.2, 0.25) is 0 Å². The Morgan fingerprint density at radius 2 is 2.04 bits per heavy atom. The summed E-state index contributed by atoms with van der Waals surface area (Å²) in [5.41, 5.74) is 3.94. The van der Waals surface area contributed by atoms with Gasteiger partial charge in [0.15, 0.2) is 0 Å². The second-order valence-electron chi connectivity index (χ2n) is 5.57. The van der Waals surface area contributed by atoms with E-state index < -0.39 is 0 Å². The maximum Gasteiger partial charge on any atom is 0.255 e. The molecule has 3 aromatic rings. The molecule has 2 aromatic carbocycles.